The Labute approximate surface area is 123 Å². The molecule has 0 fully saturated rings. The first-order valence-electron chi connectivity index (χ1n) is 6.42. The molecule has 1 aromatic carbocycles. The lowest BCUT2D eigenvalue weighted by atomic mass is 10.1. The van der Waals surface area contributed by atoms with Gasteiger partial charge in [0.05, 0.1) is 13.7 Å². The van der Waals surface area contributed by atoms with Gasteiger partial charge in [-0.2, -0.15) is 0 Å². The number of hydrogen-bond acceptors (Lipinski definition) is 4. The molecular formula is C15H19NO5. The minimum atomic E-state index is -1.17. The Morgan fingerprint density at radius 3 is 2.38 bits per heavy atom. The van der Waals surface area contributed by atoms with Crippen LogP contribution in [0.3, 0.4) is 0 Å². The molecule has 0 aliphatic rings. The summed E-state index contributed by atoms with van der Waals surface area (Å²) in [7, 11) is 1.57. The van der Waals surface area contributed by atoms with Crippen molar-refractivity contribution in [3.63, 3.8) is 0 Å². The number of hydrogen-bond donors (Lipinski definition) is 2. The fourth-order valence-corrected chi connectivity index (χ4v) is 1.82. The summed E-state index contributed by atoms with van der Waals surface area (Å²) in [6.45, 7) is 1.67. The predicted molar refractivity (Wildman–Crippen MR) is 76.9 cm³/mol. The number of ether oxygens (including phenoxy) is 1. The van der Waals surface area contributed by atoms with Crippen molar-refractivity contribution in [2.45, 2.75) is 13.5 Å². The Bertz CT molecular complexity index is 521. The van der Waals surface area contributed by atoms with Gasteiger partial charge in [-0.05, 0) is 24.6 Å². The second-order valence-electron chi connectivity index (χ2n) is 4.46. The van der Waals surface area contributed by atoms with E-state index in [0.717, 1.165) is 11.6 Å². The number of amides is 1. The minimum Gasteiger partial charge on any atom is -0.497 e. The van der Waals surface area contributed by atoms with E-state index in [1.54, 1.807) is 19.2 Å². The number of carbonyl (C=O) groups is 2. The van der Waals surface area contributed by atoms with E-state index < -0.39 is 11.9 Å². The van der Waals surface area contributed by atoms with Gasteiger partial charge in [-0.15, -0.1) is 0 Å². The largest absolute Gasteiger partial charge is 0.497 e. The molecule has 6 nitrogen and oxygen atoms in total. The molecule has 0 aromatic heterocycles. The van der Waals surface area contributed by atoms with E-state index in [2.05, 4.69) is 0 Å². The highest BCUT2D eigenvalue weighted by Crippen LogP contribution is 2.14. The average molecular weight is 293 g/mol. The van der Waals surface area contributed by atoms with Crippen LogP contribution < -0.4 is 4.74 Å². The maximum Gasteiger partial charge on any atom is 0.328 e. The number of aliphatic carboxylic acids is 1. The molecule has 0 saturated heterocycles. The van der Waals surface area contributed by atoms with E-state index in [9.17, 15) is 9.59 Å². The Morgan fingerprint density at radius 2 is 1.90 bits per heavy atom. The van der Waals surface area contributed by atoms with Crippen LogP contribution in [0.15, 0.2) is 35.9 Å². The van der Waals surface area contributed by atoms with Crippen molar-refractivity contribution in [1.82, 2.24) is 4.90 Å². The fraction of sp³-hybridized carbons (Fsp3) is 0.333. The molecule has 0 radical (unpaired) electrons. The molecule has 1 rings (SSSR count). The smallest absolute Gasteiger partial charge is 0.328 e. The van der Waals surface area contributed by atoms with Crippen LogP contribution in [-0.4, -0.2) is 47.3 Å². The van der Waals surface area contributed by atoms with E-state index in [1.807, 2.05) is 12.1 Å². The number of rotatable bonds is 7. The second-order valence-corrected chi connectivity index (χ2v) is 4.46. The molecule has 114 valence electrons. The first-order chi connectivity index (χ1) is 9.97. The SMILES string of the molecule is COc1ccc(CN(CCO)C(=O)C(C)=CC(=O)O)cc1. The number of aliphatic hydroxyl groups excluding tert-OH is 1. The predicted octanol–water partition coefficient (Wildman–Crippen LogP) is 1.05. The summed E-state index contributed by atoms with van der Waals surface area (Å²) in [6.07, 6.45) is 0.862. The number of nitrogens with zero attached hydrogens (tertiary/aromatic N) is 1. The van der Waals surface area contributed by atoms with Gasteiger partial charge in [-0.25, -0.2) is 4.79 Å². The number of benzene rings is 1. The van der Waals surface area contributed by atoms with Crippen molar-refractivity contribution in [1.29, 1.82) is 0 Å². The molecule has 0 heterocycles. The fourth-order valence-electron chi connectivity index (χ4n) is 1.82. The van der Waals surface area contributed by atoms with Crippen LogP contribution in [0.1, 0.15) is 12.5 Å². The van der Waals surface area contributed by atoms with Crippen LogP contribution in [0, 0.1) is 0 Å². The zero-order valence-electron chi connectivity index (χ0n) is 12.1. The summed E-state index contributed by atoms with van der Waals surface area (Å²) in [5.41, 5.74) is 0.977. The lowest BCUT2D eigenvalue weighted by Crippen LogP contribution is -2.33. The molecular weight excluding hydrogens is 274 g/mol. The maximum absolute atomic E-state index is 12.2. The van der Waals surface area contributed by atoms with Gasteiger partial charge in [0, 0.05) is 24.7 Å². The molecule has 6 heteroatoms. The highest BCUT2D eigenvalue weighted by molar-refractivity contribution is 5.98. The molecule has 0 spiro atoms. The molecule has 0 saturated carbocycles. The van der Waals surface area contributed by atoms with Gasteiger partial charge >= 0.3 is 5.97 Å². The molecule has 1 aromatic rings. The highest BCUT2D eigenvalue weighted by atomic mass is 16.5. The van der Waals surface area contributed by atoms with Crippen molar-refractivity contribution in [3.8, 4) is 5.75 Å². The monoisotopic (exact) mass is 293 g/mol. The van der Waals surface area contributed by atoms with Crippen LogP contribution in [0.25, 0.3) is 0 Å². The first kappa shape index (κ1) is 16.7. The number of methoxy groups -OCH3 is 1. The summed E-state index contributed by atoms with van der Waals surface area (Å²) in [5, 5.41) is 17.7. The van der Waals surface area contributed by atoms with Gasteiger partial charge in [0.2, 0.25) is 5.91 Å². The Morgan fingerprint density at radius 1 is 1.29 bits per heavy atom. The van der Waals surface area contributed by atoms with Crippen molar-refractivity contribution in [2.75, 3.05) is 20.3 Å². The third-order valence-corrected chi connectivity index (χ3v) is 2.87. The Balaban J connectivity index is 2.85. The van der Waals surface area contributed by atoms with Gasteiger partial charge in [0.15, 0.2) is 0 Å². The standard InChI is InChI=1S/C15H19NO5/c1-11(9-14(18)19)15(20)16(7-8-17)10-12-3-5-13(21-2)6-4-12/h3-6,9,17H,7-8,10H2,1-2H3,(H,18,19). The van der Waals surface area contributed by atoms with Crippen LogP contribution >= 0.6 is 0 Å². The summed E-state index contributed by atoms with van der Waals surface area (Å²) < 4.78 is 5.06. The van der Waals surface area contributed by atoms with Crippen molar-refractivity contribution in [3.05, 3.63) is 41.5 Å². The number of carboxylic acid groups (broad SMARTS) is 1. The van der Waals surface area contributed by atoms with E-state index in [4.69, 9.17) is 14.9 Å². The number of carboxylic acids is 1. The van der Waals surface area contributed by atoms with E-state index >= 15 is 0 Å². The molecule has 21 heavy (non-hydrogen) atoms. The normalized spacial score (nSPS) is 11.1. The minimum absolute atomic E-state index is 0.115. The van der Waals surface area contributed by atoms with Gasteiger partial charge in [0.1, 0.15) is 5.75 Å². The first-order valence-corrected chi connectivity index (χ1v) is 6.42. The van der Waals surface area contributed by atoms with Crippen LogP contribution in [0.2, 0.25) is 0 Å². The third kappa shape index (κ3) is 5.27. The molecule has 0 bridgehead atoms. The topological polar surface area (TPSA) is 87.1 Å². The second kappa shape index (κ2) is 8.06. The van der Waals surface area contributed by atoms with E-state index in [-0.39, 0.29) is 25.3 Å². The van der Waals surface area contributed by atoms with Crippen LogP contribution in [0.5, 0.6) is 5.75 Å². The molecule has 2 N–H and O–H groups in total. The maximum atomic E-state index is 12.2. The van der Waals surface area contributed by atoms with Gasteiger partial charge < -0.3 is 19.8 Å². The molecule has 0 aliphatic heterocycles. The highest BCUT2D eigenvalue weighted by Gasteiger charge is 2.16. The van der Waals surface area contributed by atoms with Gasteiger partial charge in [-0.1, -0.05) is 12.1 Å². The summed E-state index contributed by atoms with van der Waals surface area (Å²) in [6, 6.07) is 7.17. The van der Waals surface area contributed by atoms with Gasteiger partial charge in [0.25, 0.3) is 0 Å². The van der Waals surface area contributed by atoms with Crippen molar-refractivity contribution < 1.29 is 24.5 Å². The van der Waals surface area contributed by atoms with Crippen molar-refractivity contribution >= 4 is 11.9 Å². The summed E-state index contributed by atoms with van der Waals surface area (Å²) in [4.78, 5) is 24.2. The lowest BCUT2D eigenvalue weighted by Gasteiger charge is -2.22. The lowest BCUT2D eigenvalue weighted by molar-refractivity contribution is -0.133. The summed E-state index contributed by atoms with van der Waals surface area (Å²) >= 11 is 0. The third-order valence-electron chi connectivity index (χ3n) is 2.87. The Kier molecular flexibility index (Phi) is 6.42. The van der Waals surface area contributed by atoms with E-state index in [0.29, 0.717) is 5.75 Å². The molecule has 0 atom stereocenters. The average Bonchev–Trinajstić information content (AvgIpc) is 2.46. The van der Waals surface area contributed by atoms with Crippen LogP contribution in [0.4, 0.5) is 0 Å². The van der Waals surface area contributed by atoms with Crippen LogP contribution in [-0.2, 0) is 16.1 Å². The molecule has 0 unspecified atom stereocenters. The molecule has 1 amide bonds. The number of aliphatic hydroxyl groups is 1. The van der Waals surface area contributed by atoms with Crippen molar-refractivity contribution in [2.24, 2.45) is 0 Å². The molecule has 0 aliphatic carbocycles. The number of carbonyl (C=O) groups excluding carboxylic acids is 1. The van der Waals surface area contributed by atoms with Gasteiger partial charge in [-0.3, -0.25) is 4.79 Å². The Hall–Kier alpha value is -2.34. The summed E-state index contributed by atoms with van der Waals surface area (Å²) in [5.74, 6) is -0.878. The quantitative estimate of drug-likeness (QED) is 0.734. The zero-order chi connectivity index (χ0) is 15.8. The van der Waals surface area contributed by atoms with E-state index in [1.165, 1.54) is 11.8 Å². The zero-order valence-corrected chi connectivity index (χ0v) is 12.1.